The summed E-state index contributed by atoms with van der Waals surface area (Å²) in [4.78, 5) is 4.27. The van der Waals surface area contributed by atoms with Gasteiger partial charge in [0.2, 0.25) is 0 Å². The van der Waals surface area contributed by atoms with Crippen LogP contribution in [0.15, 0.2) is 22.9 Å². The van der Waals surface area contributed by atoms with Crippen LogP contribution in [0.4, 0.5) is 5.69 Å². The second-order valence-corrected chi connectivity index (χ2v) is 8.45. The fourth-order valence-electron chi connectivity index (χ4n) is 5.60. The van der Waals surface area contributed by atoms with Crippen molar-refractivity contribution >= 4 is 21.6 Å². The van der Waals surface area contributed by atoms with Gasteiger partial charge < -0.3 is 5.32 Å². The molecule has 5 rings (SSSR count). The minimum Gasteiger partial charge on any atom is -0.381 e. The molecule has 108 valence electrons. The molecule has 1 aromatic rings. The molecule has 0 spiro atoms. The number of anilines is 1. The molecule has 1 heterocycles. The van der Waals surface area contributed by atoms with Gasteiger partial charge in [-0.3, -0.25) is 4.98 Å². The van der Waals surface area contributed by atoms with E-state index in [1.807, 2.05) is 12.4 Å². The maximum atomic E-state index is 4.27. The smallest absolute Gasteiger partial charge is 0.0540 e. The average molecular weight is 335 g/mol. The van der Waals surface area contributed by atoms with Crippen molar-refractivity contribution in [3.8, 4) is 0 Å². The van der Waals surface area contributed by atoms with Crippen LogP contribution in [0.2, 0.25) is 0 Å². The molecule has 1 atom stereocenters. The fraction of sp³-hybridized carbons (Fsp3) is 0.706. The van der Waals surface area contributed by atoms with Crippen molar-refractivity contribution in [2.24, 2.45) is 23.2 Å². The van der Waals surface area contributed by atoms with Crippen LogP contribution in [0.1, 0.15) is 45.4 Å². The molecule has 0 radical (unpaired) electrons. The zero-order chi connectivity index (χ0) is 13.7. The predicted molar refractivity (Wildman–Crippen MR) is 85.6 cm³/mol. The molecular weight excluding hydrogens is 312 g/mol. The predicted octanol–water partition coefficient (Wildman–Crippen LogP) is 4.86. The third kappa shape index (κ3) is 2.18. The molecule has 20 heavy (non-hydrogen) atoms. The number of halogens is 1. The minimum atomic E-state index is 0.553. The third-order valence-electron chi connectivity index (χ3n) is 6.09. The summed E-state index contributed by atoms with van der Waals surface area (Å²) < 4.78 is 1.06. The monoisotopic (exact) mass is 334 g/mol. The number of hydrogen-bond donors (Lipinski definition) is 1. The molecular formula is C17H23BrN2. The van der Waals surface area contributed by atoms with Gasteiger partial charge in [-0.25, -0.2) is 0 Å². The van der Waals surface area contributed by atoms with Gasteiger partial charge in [-0.2, -0.15) is 0 Å². The van der Waals surface area contributed by atoms with Crippen LogP contribution in [-0.4, -0.2) is 11.0 Å². The summed E-state index contributed by atoms with van der Waals surface area (Å²) in [5, 5.41) is 3.75. The maximum Gasteiger partial charge on any atom is 0.0540 e. The van der Waals surface area contributed by atoms with Crippen LogP contribution in [0.25, 0.3) is 0 Å². The van der Waals surface area contributed by atoms with Crippen LogP contribution in [-0.2, 0) is 0 Å². The van der Waals surface area contributed by atoms with Gasteiger partial charge in [-0.1, -0.05) is 0 Å². The van der Waals surface area contributed by atoms with Gasteiger partial charge in [0.25, 0.3) is 0 Å². The van der Waals surface area contributed by atoms with Crippen molar-refractivity contribution in [2.45, 2.75) is 51.5 Å². The van der Waals surface area contributed by atoms with Gasteiger partial charge in [0, 0.05) is 16.7 Å². The number of aromatic nitrogens is 1. The highest BCUT2D eigenvalue weighted by atomic mass is 79.9. The summed E-state index contributed by atoms with van der Waals surface area (Å²) in [7, 11) is 0. The van der Waals surface area contributed by atoms with Crippen molar-refractivity contribution in [1.29, 1.82) is 0 Å². The molecule has 4 aliphatic carbocycles. The third-order valence-corrected chi connectivity index (χ3v) is 6.53. The zero-order valence-corrected chi connectivity index (χ0v) is 13.7. The van der Waals surface area contributed by atoms with Crippen molar-refractivity contribution in [1.82, 2.24) is 4.98 Å². The second kappa shape index (κ2) is 4.72. The molecule has 0 aliphatic heterocycles. The largest absolute Gasteiger partial charge is 0.381 e. The lowest BCUT2D eigenvalue weighted by Gasteiger charge is -2.59. The van der Waals surface area contributed by atoms with E-state index < -0.39 is 0 Å². The van der Waals surface area contributed by atoms with Crippen molar-refractivity contribution in [2.75, 3.05) is 5.32 Å². The van der Waals surface area contributed by atoms with Crippen LogP contribution in [0, 0.1) is 23.2 Å². The maximum absolute atomic E-state index is 4.27. The number of nitrogens with zero attached hydrogens (tertiary/aromatic N) is 1. The lowest BCUT2D eigenvalue weighted by Crippen LogP contribution is -2.52. The van der Waals surface area contributed by atoms with E-state index in [4.69, 9.17) is 0 Å². The highest BCUT2D eigenvalue weighted by Gasteiger charge is 2.53. The van der Waals surface area contributed by atoms with Gasteiger partial charge in [0.15, 0.2) is 0 Å². The lowest BCUT2D eigenvalue weighted by molar-refractivity contribution is -0.0602. The standard InChI is InChI=1S/C17H23BrN2/c1-11(20-16-5-15(18)9-19-10-16)17-6-12-2-13(7-17)4-14(3-12)8-17/h5,9-14,20H,2-4,6-8H2,1H3. The minimum absolute atomic E-state index is 0.553. The normalized spacial score (nSPS) is 39.8. The van der Waals surface area contributed by atoms with E-state index in [9.17, 15) is 0 Å². The molecule has 4 fully saturated rings. The Morgan fingerprint density at radius 2 is 1.75 bits per heavy atom. The zero-order valence-electron chi connectivity index (χ0n) is 12.1. The molecule has 0 aromatic carbocycles. The van der Waals surface area contributed by atoms with Gasteiger partial charge in [0.05, 0.1) is 11.9 Å². The Hall–Kier alpha value is -0.570. The summed E-state index contributed by atoms with van der Waals surface area (Å²) in [5.41, 5.74) is 1.71. The van der Waals surface area contributed by atoms with E-state index in [0.29, 0.717) is 11.5 Å². The van der Waals surface area contributed by atoms with Crippen LogP contribution >= 0.6 is 15.9 Å². The van der Waals surface area contributed by atoms with Crippen LogP contribution in [0.3, 0.4) is 0 Å². The molecule has 4 bridgehead atoms. The molecule has 2 nitrogen and oxygen atoms in total. The molecule has 0 saturated heterocycles. The van der Waals surface area contributed by atoms with Crippen molar-refractivity contribution in [3.63, 3.8) is 0 Å². The molecule has 1 aromatic heterocycles. The Balaban J connectivity index is 1.54. The quantitative estimate of drug-likeness (QED) is 0.853. The SMILES string of the molecule is CC(Nc1cncc(Br)c1)C12CC3CC(CC(C3)C1)C2. The highest BCUT2D eigenvalue weighted by molar-refractivity contribution is 9.10. The average Bonchev–Trinajstić information content (AvgIpc) is 2.37. The van der Waals surface area contributed by atoms with Gasteiger partial charge in [-0.05, 0) is 90.6 Å². The molecule has 4 aliphatic rings. The van der Waals surface area contributed by atoms with Crippen molar-refractivity contribution in [3.05, 3.63) is 22.9 Å². The summed E-state index contributed by atoms with van der Waals surface area (Å²) in [6, 6.07) is 2.70. The molecule has 1 N–H and O–H groups in total. The van der Waals surface area contributed by atoms with Gasteiger partial charge in [0.1, 0.15) is 0 Å². The van der Waals surface area contributed by atoms with E-state index >= 15 is 0 Å². The van der Waals surface area contributed by atoms with E-state index in [-0.39, 0.29) is 0 Å². The first-order chi connectivity index (χ1) is 9.63. The lowest BCUT2D eigenvalue weighted by atomic mass is 9.48. The molecule has 4 saturated carbocycles. The number of hydrogen-bond acceptors (Lipinski definition) is 2. The number of pyridine rings is 1. The highest BCUT2D eigenvalue weighted by Crippen LogP contribution is 2.61. The first-order valence-corrected chi connectivity index (χ1v) is 8.79. The molecule has 1 unspecified atom stereocenters. The Morgan fingerprint density at radius 1 is 1.15 bits per heavy atom. The van der Waals surface area contributed by atoms with Crippen LogP contribution < -0.4 is 5.32 Å². The molecule has 3 heteroatoms. The van der Waals surface area contributed by atoms with Gasteiger partial charge in [-0.15, -0.1) is 0 Å². The van der Waals surface area contributed by atoms with Gasteiger partial charge >= 0.3 is 0 Å². The second-order valence-electron chi connectivity index (χ2n) is 7.54. The first kappa shape index (κ1) is 13.1. The van der Waals surface area contributed by atoms with Crippen molar-refractivity contribution < 1.29 is 0 Å². The topological polar surface area (TPSA) is 24.9 Å². The summed E-state index contributed by atoms with van der Waals surface area (Å²) in [5.74, 6) is 3.06. The Bertz CT molecular complexity index is 478. The first-order valence-electron chi connectivity index (χ1n) is 8.00. The van der Waals surface area contributed by atoms with E-state index in [2.05, 4.69) is 39.2 Å². The fourth-order valence-corrected chi connectivity index (χ4v) is 5.97. The Morgan fingerprint density at radius 3 is 2.30 bits per heavy atom. The summed E-state index contributed by atoms with van der Waals surface area (Å²) >= 11 is 3.51. The van der Waals surface area contributed by atoms with E-state index in [1.165, 1.54) is 38.5 Å². The summed E-state index contributed by atoms with van der Waals surface area (Å²) in [6.07, 6.45) is 12.7. The Labute approximate surface area is 129 Å². The molecule has 0 amide bonds. The Kier molecular flexibility index (Phi) is 3.10. The van der Waals surface area contributed by atoms with Crippen LogP contribution in [0.5, 0.6) is 0 Å². The van der Waals surface area contributed by atoms with E-state index in [1.54, 1.807) is 0 Å². The number of nitrogens with one attached hydrogen (secondary N) is 1. The van der Waals surface area contributed by atoms with E-state index in [0.717, 1.165) is 27.9 Å². The summed E-state index contributed by atoms with van der Waals surface area (Å²) in [6.45, 7) is 2.40. The number of rotatable bonds is 3.